The molecule has 0 atom stereocenters. The van der Waals surface area contributed by atoms with E-state index in [1.165, 1.54) is 11.6 Å². The molecule has 2 aromatic heterocycles. The highest BCUT2D eigenvalue weighted by Gasteiger charge is 2.21. The first-order valence-electron chi connectivity index (χ1n) is 9.54. The highest BCUT2D eigenvalue weighted by Crippen LogP contribution is 2.27. The van der Waals surface area contributed by atoms with Crippen LogP contribution in [0.15, 0.2) is 58.1 Å². The lowest BCUT2D eigenvalue weighted by Gasteiger charge is -2.11. The average Bonchev–Trinajstić information content (AvgIpc) is 3.14. The van der Waals surface area contributed by atoms with Gasteiger partial charge < -0.3 is 14.2 Å². The topological polar surface area (TPSA) is 89.5 Å². The van der Waals surface area contributed by atoms with E-state index in [9.17, 15) is 9.59 Å². The van der Waals surface area contributed by atoms with Gasteiger partial charge in [0, 0.05) is 20.2 Å². The first-order valence-corrected chi connectivity index (χ1v) is 9.54. The number of methoxy groups -OCH3 is 2. The van der Waals surface area contributed by atoms with Crippen LogP contribution >= 0.6 is 0 Å². The number of ether oxygens (including phenoxy) is 3. The van der Waals surface area contributed by atoms with Gasteiger partial charge in [-0.2, -0.15) is 4.98 Å². The quantitative estimate of drug-likeness (QED) is 0.474. The lowest BCUT2D eigenvalue weighted by Crippen LogP contribution is -2.37. The van der Waals surface area contributed by atoms with Crippen LogP contribution in [0, 0.1) is 0 Å². The van der Waals surface area contributed by atoms with Gasteiger partial charge in [-0.15, -0.1) is 0 Å². The number of aromatic nitrogens is 4. The van der Waals surface area contributed by atoms with Crippen LogP contribution in [-0.4, -0.2) is 32.9 Å². The predicted octanol–water partition coefficient (Wildman–Crippen LogP) is 2.29. The van der Waals surface area contributed by atoms with Gasteiger partial charge in [0.15, 0.2) is 11.2 Å². The molecule has 0 saturated carbocycles. The highest BCUT2D eigenvalue weighted by atomic mass is 16.5. The summed E-state index contributed by atoms with van der Waals surface area (Å²) in [6, 6.07) is 14.7. The monoisotopic (exact) mass is 422 g/mol. The first kappa shape index (κ1) is 20.3. The Hall–Kier alpha value is -4.01. The lowest BCUT2D eigenvalue weighted by molar-refractivity contribution is 0.398. The molecule has 0 unspecified atom stereocenters. The molecule has 0 amide bonds. The molecule has 0 N–H and O–H groups in total. The normalized spacial score (nSPS) is 11.0. The minimum atomic E-state index is -0.459. The fourth-order valence-corrected chi connectivity index (χ4v) is 3.33. The van der Waals surface area contributed by atoms with Crippen LogP contribution < -0.4 is 25.5 Å². The molecule has 0 aliphatic carbocycles. The molecule has 0 radical (unpaired) electrons. The van der Waals surface area contributed by atoms with Gasteiger partial charge in [0.05, 0.1) is 20.8 Å². The van der Waals surface area contributed by atoms with E-state index < -0.39 is 11.2 Å². The van der Waals surface area contributed by atoms with Crippen molar-refractivity contribution in [2.75, 3.05) is 14.2 Å². The molecule has 2 heterocycles. The Kier molecular flexibility index (Phi) is 5.24. The zero-order valence-corrected chi connectivity index (χ0v) is 17.7. The van der Waals surface area contributed by atoms with Gasteiger partial charge in [-0.05, 0) is 29.8 Å². The molecule has 0 saturated heterocycles. The van der Waals surface area contributed by atoms with Gasteiger partial charge in [0.2, 0.25) is 0 Å². The van der Waals surface area contributed by atoms with Crippen LogP contribution in [0.1, 0.15) is 5.56 Å². The molecule has 0 spiro atoms. The number of rotatable bonds is 6. The summed E-state index contributed by atoms with van der Waals surface area (Å²) in [4.78, 5) is 29.9. The highest BCUT2D eigenvalue weighted by molar-refractivity contribution is 5.72. The van der Waals surface area contributed by atoms with E-state index in [1.54, 1.807) is 50.1 Å². The zero-order valence-electron chi connectivity index (χ0n) is 17.7. The number of fused-ring (bicyclic) bond motifs is 1. The fourth-order valence-electron chi connectivity index (χ4n) is 3.33. The van der Waals surface area contributed by atoms with Crippen molar-refractivity contribution in [2.45, 2.75) is 6.54 Å². The minimum Gasteiger partial charge on any atom is -0.497 e. The summed E-state index contributed by atoms with van der Waals surface area (Å²) >= 11 is 0. The Balaban J connectivity index is 1.89. The van der Waals surface area contributed by atoms with Crippen LogP contribution in [0.2, 0.25) is 0 Å². The second-order valence-corrected chi connectivity index (χ2v) is 6.99. The van der Waals surface area contributed by atoms with Crippen LogP contribution in [0.4, 0.5) is 0 Å². The third-order valence-corrected chi connectivity index (χ3v) is 5.06. The SMILES string of the molecule is COc1ccc(Cn2c(Oc3cccc(OC)c3)nc3c2c(=O)n(C)c(=O)n3C)cc1. The molecule has 2 aromatic carbocycles. The third kappa shape index (κ3) is 3.65. The van der Waals surface area contributed by atoms with Gasteiger partial charge in [-0.3, -0.25) is 18.5 Å². The summed E-state index contributed by atoms with van der Waals surface area (Å²) in [5, 5.41) is 0. The molecule has 0 aliphatic rings. The second kappa shape index (κ2) is 8.02. The molecule has 0 bridgehead atoms. The van der Waals surface area contributed by atoms with E-state index in [0.717, 1.165) is 15.9 Å². The lowest BCUT2D eigenvalue weighted by atomic mass is 10.2. The summed E-state index contributed by atoms with van der Waals surface area (Å²) in [5.74, 6) is 1.84. The van der Waals surface area contributed by atoms with Crippen molar-refractivity contribution in [1.82, 2.24) is 18.7 Å². The van der Waals surface area contributed by atoms with E-state index in [2.05, 4.69) is 4.98 Å². The standard InChI is InChI=1S/C22H22N4O5/c1-24-19-18(20(27)25(2)22(24)28)26(13-14-8-10-15(29-3)11-9-14)21(23-19)31-17-7-5-6-16(12-17)30-4/h5-12H,13H2,1-4H3. The summed E-state index contributed by atoms with van der Waals surface area (Å²) < 4.78 is 20.6. The van der Waals surface area contributed by atoms with Gasteiger partial charge in [0.25, 0.3) is 5.56 Å². The minimum absolute atomic E-state index is 0.192. The molecule has 4 aromatic rings. The van der Waals surface area contributed by atoms with Gasteiger partial charge in [0.1, 0.15) is 17.2 Å². The smallest absolute Gasteiger partial charge is 0.332 e. The number of aryl methyl sites for hydroxylation is 1. The number of nitrogens with zero attached hydrogens (tertiary/aromatic N) is 4. The van der Waals surface area contributed by atoms with Gasteiger partial charge in [-0.25, -0.2) is 4.79 Å². The molecule has 4 rings (SSSR count). The average molecular weight is 422 g/mol. The Bertz CT molecular complexity index is 1370. The molecule has 9 nitrogen and oxygen atoms in total. The maximum atomic E-state index is 13.0. The number of benzene rings is 2. The second-order valence-electron chi connectivity index (χ2n) is 6.99. The summed E-state index contributed by atoms with van der Waals surface area (Å²) in [6.07, 6.45) is 0. The predicted molar refractivity (Wildman–Crippen MR) is 115 cm³/mol. The Morgan fingerprint density at radius 1 is 0.871 bits per heavy atom. The van der Waals surface area contributed by atoms with Crippen molar-refractivity contribution in [1.29, 1.82) is 0 Å². The fraction of sp³-hybridized carbons (Fsp3) is 0.227. The number of imidazole rings is 1. The zero-order chi connectivity index (χ0) is 22.1. The number of hydrogen-bond donors (Lipinski definition) is 0. The van der Waals surface area contributed by atoms with Crippen LogP contribution in [0.5, 0.6) is 23.3 Å². The van der Waals surface area contributed by atoms with Crippen molar-refractivity contribution in [3.8, 4) is 23.3 Å². The molecular formula is C22H22N4O5. The van der Waals surface area contributed by atoms with Crippen LogP contribution in [0.3, 0.4) is 0 Å². The molecule has 0 fully saturated rings. The molecule has 0 aliphatic heterocycles. The third-order valence-electron chi connectivity index (χ3n) is 5.06. The first-order chi connectivity index (χ1) is 14.9. The largest absolute Gasteiger partial charge is 0.497 e. The Labute approximate surface area is 177 Å². The van der Waals surface area contributed by atoms with Crippen LogP contribution in [0.25, 0.3) is 11.2 Å². The van der Waals surface area contributed by atoms with Crippen molar-refractivity contribution in [3.63, 3.8) is 0 Å². The van der Waals surface area contributed by atoms with E-state index in [-0.39, 0.29) is 17.2 Å². The van der Waals surface area contributed by atoms with E-state index in [4.69, 9.17) is 14.2 Å². The molecular weight excluding hydrogens is 400 g/mol. The van der Waals surface area contributed by atoms with E-state index >= 15 is 0 Å². The van der Waals surface area contributed by atoms with E-state index in [0.29, 0.717) is 18.0 Å². The van der Waals surface area contributed by atoms with Crippen LogP contribution in [-0.2, 0) is 20.6 Å². The van der Waals surface area contributed by atoms with E-state index in [1.807, 2.05) is 24.3 Å². The molecule has 9 heteroatoms. The van der Waals surface area contributed by atoms with Crippen molar-refractivity contribution in [2.24, 2.45) is 14.1 Å². The Morgan fingerprint density at radius 2 is 1.55 bits per heavy atom. The van der Waals surface area contributed by atoms with Gasteiger partial charge in [-0.1, -0.05) is 18.2 Å². The Morgan fingerprint density at radius 3 is 2.23 bits per heavy atom. The van der Waals surface area contributed by atoms with Crippen molar-refractivity contribution >= 4 is 11.2 Å². The summed E-state index contributed by atoms with van der Waals surface area (Å²) in [5.41, 5.74) is 0.531. The number of hydrogen-bond acceptors (Lipinski definition) is 6. The van der Waals surface area contributed by atoms with Crippen molar-refractivity contribution < 1.29 is 14.2 Å². The van der Waals surface area contributed by atoms with Gasteiger partial charge >= 0.3 is 11.7 Å². The molecule has 160 valence electrons. The maximum Gasteiger partial charge on any atom is 0.332 e. The molecule has 31 heavy (non-hydrogen) atoms. The van der Waals surface area contributed by atoms with Crippen molar-refractivity contribution in [3.05, 3.63) is 74.9 Å². The summed E-state index contributed by atoms with van der Waals surface area (Å²) in [6.45, 7) is 0.313. The maximum absolute atomic E-state index is 13.0. The summed E-state index contributed by atoms with van der Waals surface area (Å²) in [7, 11) is 6.18.